The maximum Gasteiger partial charge on any atom is 0.410 e. The van der Waals surface area contributed by atoms with Gasteiger partial charge in [0, 0.05) is 61.7 Å². The number of fused-ring (bicyclic) bond motifs is 1. The Morgan fingerprint density at radius 3 is 2.46 bits per heavy atom. The van der Waals surface area contributed by atoms with Gasteiger partial charge in [-0.1, -0.05) is 30.3 Å². The zero-order valence-electron chi connectivity index (χ0n) is 22.9. The largest absolute Gasteiger partial charge is 0.445 e. The van der Waals surface area contributed by atoms with E-state index < -0.39 is 5.79 Å². The third-order valence-electron chi connectivity index (χ3n) is 8.69. The Bertz CT molecular complexity index is 1460. The van der Waals surface area contributed by atoms with E-state index in [1.54, 1.807) is 9.80 Å². The minimum atomic E-state index is -0.679. The van der Waals surface area contributed by atoms with Gasteiger partial charge in [0.25, 0.3) is 0 Å². The van der Waals surface area contributed by atoms with Gasteiger partial charge in [-0.25, -0.2) is 9.59 Å². The smallest absolute Gasteiger partial charge is 0.410 e. The molecule has 214 valence electrons. The van der Waals surface area contributed by atoms with Gasteiger partial charge in [-0.3, -0.25) is 15.0 Å². The van der Waals surface area contributed by atoms with Crippen molar-refractivity contribution < 1.29 is 28.6 Å². The van der Waals surface area contributed by atoms with Crippen LogP contribution in [0.25, 0.3) is 10.9 Å². The number of hydrogen-bond donors (Lipinski definition) is 1. The minimum Gasteiger partial charge on any atom is -0.445 e. The van der Waals surface area contributed by atoms with Gasteiger partial charge >= 0.3 is 12.1 Å². The van der Waals surface area contributed by atoms with Crippen LogP contribution in [0.2, 0.25) is 0 Å². The molecule has 1 N–H and O–H groups in total. The molecule has 4 aliphatic rings. The van der Waals surface area contributed by atoms with Crippen molar-refractivity contribution in [2.45, 2.75) is 56.5 Å². The molecule has 4 heterocycles. The van der Waals surface area contributed by atoms with Crippen molar-refractivity contribution in [3.05, 3.63) is 65.9 Å². The highest BCUT2D eigenvalue weighted by molar-refractivity contribution is 6.06. The monoisotopic (exact) mass is 558 g/mol. The van der Waals surface area contributed by atoms with Crippen molar-refractivity contribution in [2.75, 3.05) is 37.7 Å². The Labute approximate surface area is 238 Å². The van der Waals surface area contributed by atoms with Gasteiger partial charge in [-0.05, 0) is 48.1 Å². The Morgan fingerprint density at radius 2 is 1.76 bits per heavy atom. The summed E-state index contributed by atoms with van der Waals surface area (Å²) in [5.41, 5.74) is 4.14. The number of carbonyl (C=O) groups excluding carboxylic acids is 3. The number of likely N-dealkylation sites (tertiary alicyclic amines) is 1. The zero-order valence-corrected chi connectivity index (χ0v) is 22.9. The van der Waals surface area contributed by atoms with E-state index in [4.69, 9.17) is 14.2 Å². The van der Waals surface area contributed by atoms with E-state index in [9.17, 15) is 14.4 Å². The molecule has 3 aromatic rings. The van der Waals surface area contributed by atoms with Crippen molar-refractivity contribution in [3.8, 4) is 0 Å². The van der Waals surface area contributed by atoms with Gasteiger partial charge in [0.1, 0.15) is 6.61 Å². The predicted molar refractivity (Wildman–Crippen MR) is 151 cm³/mol. The van der Waals surface area contributed by atoms with E-state index in [2.05, 4.69) is 28.2 Å². The highest BCUT2D eigenvalue weighted by Crippen LogP contribution is 2.46. The van der Waals surface area contributed by atoms with Crippen LogP contribution in [-0.2, 0) is 25.6 Å². The number of nitrogens with one attached hydrogen (secondary N) is 1. The Morgan fingerprint density at radius 1 is 1.00 bits per heavy atom. The van der Waals surface area contributed by atoms with Crippen molar-refractivity contribution in [1.82, 2.24) is 14.8 Å². The average Bonchev–Trinajstić information content (AvgIpc) is 3.77. The number of rotatable bonds is 5. The molecule has 0 bridgehead atoms. The number of imide groups is 1. The Balaban J connectivity index is 1.00. The third-order valence-corrected chi connectivity index (χ3v) is 8.69. The molecule has 3 saturated heterocycles. The summed E-state index contributed by atoms with van der Waals surface area (Å²) in [7, 11) is 0. The van der Waals surface area contributed by atoms with Gasteiger partial charge in [0.05, 0.1) is 19.3 Å². The number of nitrogens with zero attached hydrogens (tertiary/aromatic N) is 3. The zero-order chi connectivity index (χ0) is 28.0. The lowest BCUT2D eigenvalue weighted by molar-refractivity contribution is -0.293. The number of aromatic nitrogens is 1. The molecular weight excluding hydrogens is 524 g/mol. The van der Waals surface area contributed by atoms with Crippen LogP contribution >= 0.6 is 0 Å². The summed E-state index contributed by atoms with van der Waals surface area (Å²) >= 11 is 0. The number of amides is 4. The number of benzene rings is 2. The number of piperidine rings is 1. The fraction of sp³-hybridized carbons (Fsp3) is 0.452. The minimum absolute atomic E-state index is 0.0197. The SMILES string of the molecule is O=C1CCN(c2ccc3c(c2)c(C2CC2)cn3C2COC3(CCN(C(=O)OCc4ccccc4)CC3)OC2)C(=O)N1. The fourth-order valence-electron chi connectivity index (χ4n) is 6.15. The normalized spacial score (nSPS) is 21.4. The van der Waals surface area contributed by atoms with Crippen LogP contribution in [0.15, 0.2) is 54.7 Å². The second-order valence-electron chi connectivity index (χ2n) is 11.4. The van der Waals surface area contributed by atoms with E-state index in [-0.39, 0.29) is 30.7 Å². The number of anilines is 1. The molecular formula is C31H34N4O6. The molecule has 1 aliphatic carbocycles. The molecule has 10 heteroatoms. The van der Waals surface area contributed by atoms with Gasteiger partial charge in [0.15, 0.2) is 5.79 Å². The molecule has 1 spiro atoms. The lowest BCUT2D eigenvalue weighted by Gasteiger charge is -2.45. The van der Waals surface area contributed by atoms with Crippen LogP contribution in [0.4, 0.5) is 15.3 Å². The summed E-state index contributed by atoms with van der Waals surface area (Å²) in [6.45, 7) is 2.72. The second kappa shape index (κ2) is 10.5. The number of carbonyl (C=O) groups is 3. The lowest BCUT2D eigenvalue weighted by atomic mass is 10.0. The van der Waals surface area contributed by atoms with E-state index in [1.165, 1.54) is 5.56 Å². The first-order valence-electron chi connectivity index (χ1n) is 14.5. The second-order valence-corrected chi connectivity index (χ2v) is 11.4. The van der Waals surface area contributed by atoms with E-state index >= 15 is 0 Å². The highest BCUT2D eigenvalue weighted by Gasteiger charge is 2.42. The lowest BCUT2D eigenvalue weighted by Crippen LogP contribution is -2.53. The number of urea groups is 1. The van der Waals surface area contributed by atoms with E-state index in [0.29, 0.717) is 58.0 Å². The molecule has 1 saturated carbocycles. The quantitative estimate of drug-likeness (QED) is 0.488. The molecule has 10 nitrogen and oxygen atoms in total. The summed E-state index contributed by atoms with van der Waals surface area (Å²) in [5, 5.41) is 3.55. The molecule has 0 unspecified atom stereocenters. The molecule has 0 atom stereocenters. The predicted octanol–water partition coefficient (Wildman–Crippen LogP) is 4.68. The maximum atomic E-state index is 12.6. The molecule has 0 radical (unpaired) electrons. The number of hydrogen-bond acceptors (Lipinski definition) is 6. The van der Waals surface area contributed by atoms with Crippen LogP contribution < -0.4 is 10.2 Å². The van der Waals surface area contributed by atoms with E-state index in [1.807, 2.05) is 36.4 Å². The summed E-state index contributed by atoms with van der Waals surface area (Å²) in [6.07, 6.45) is 5.74. The molecule has 2 aromatic carbocycles. The summed E-state index contributed by atoms with van der Waals surface area (Å²) in [6, 6.07) is 15.4. The van der Waals surface area contributed by atoms with Crippen LogP contribution in [0, 0.1) is 0 Å². The molecule has 1 aromatic heterocycles. The fourth-order valence-corrected chi connectivity index (χ4v) is 6.15. The van der Waals surface area contributed by atoms with Crippen LogP contribution in [0.3, 0.4) is 0 Å². The van der Waals surface area contributed by atoms with Gasteiger partial charge in [-0.15, -0.1) is 0 Å². The molecule has 4 amide bonds. The van der Waals surface area contributed by atoms with Crippen molar-refractivity contribution in [1.29, 1.82) is 0 Å². The maximum absolute atomic E-state index is 12.6. The van der Waals surface area contributed by atoms with Gasteiger partial charge < -0.3 is 23.7 Å². The van der Waals surface area contributed by atoms with Crippen LogP contribution in [0.5, 0.6) is 0 Å². The topological polar surface area (TPSA) is 102 Å². The summed E-state index contributed by atoms with van der Waals surface area (Å²) < 4.78 is 20.6. The average molecular weight is 559 g/mol. The Hall–Kier alpha value is -3.89. The summed E-state index contributed by atoms with van der Waals surface area (Å²) in [4.78, 5) is 40.0. The molecule has 41 heavy (non-hydrogen) atoms. The van der Waals surface area contributed by atoms with Gasteiger partial charge in [-0.2, -0.15) is 0 Å². The molecule has 4 fully saturated rings. The first-order valence-corrected chi connectivity index (χ1v) is 14.5. The first kappa shape index (κ1) is 26.0. The van der Waals surface area contributed by atoms with Gasteiger partial charge in [0.2, 0.25) is 5.91 Å². The van der Waals surface area contributed by atoms with Crippen molar-refractivity contribution >= 4 is 34.6 Å². The Kier molecular flexibility index (Phi) is 6.67. The molecule has 7 rings (SSSR count). The number of ether oxygens (including phenoxy) is 3. The van der Waals surface area contributed by atoms with E-state index in [0.717, 1.165) is 35.0 Å². The van der Waals surface area contributed by atoms with Crippen LogP contribution in [0.1, 0.15) is 55.2 Å². The van der Waals surface area contributed by atoms with Crippen molar-refractivity contribution in [2.24, 2.45) is 0 Å². The molecule has 3 aliphatic heterocycles. The van der Waals surface area contributed by atoms with Crippen molar-refractivity contribution in [3.63, 3.8) is 0 Å². The standard InChI is InChI=1S/C31H34N4O6/c36-28-10-13-34(29(37)32-28)23-8-9-27-25(16-23)26(22-6-7-22)17-35(27)24-19-40-31(41-20-24)11-14-33(15-12-31)30(38)39-18-21-4-2-1-3-5-21/h1-5,8-9,16-17,22,24H,6-7,10-15,18-20H2,(H,32,36,37). The van der Waals surface area contributed by atoms with Crippen LogP contribution in [-0.4, -0.2) is 66.1 Å². The summed E-state index contributed by atoms with van der Waals surface area (Å²) in [5.74, 6) is -0.393. The third kappa shape index (κ3) is 5.17. The highest BCUT2D eigenvalue weighted by atomic mass is 16.7. The first-order chi connectivity index (χ1) is 20.0.